The summed E-state index contributed by atoms with van der Waals surface area (Å²) in [6.45, 7) is -0.582. The number of halogens is 2. The number of nitrogen functional groups attached to an aromatic ring is 1. The normalized spacial score (nSPS) is 25.1. The van der Waals surface area contributed by atoms with E-state index in [1.807, 2.05) is 0 Å². The summed E-state index contributed by atoms with van der Waals surface area (Å²) >= 11 is 0. The van der Waals surface area contributed by atoms with E-state index in [1.54, 1.807) is 6.07 Å². The Bertz CT molecular complexity index is 381. The number of fused-ring (bicyclic) bond motifs is 1. The van der Waals surface area contributed by atoms with Crippen molar-refractivity contribution < 1.29 is 13.9 Å². The second kappa shape index (κ2) is 2.92. The van der Waals surface area contributed by atoms with Gasteiger partial charge in [0.15, 0.2) is 0 Å². The number of benzene rings is 1. The van der Waals surface area contributed by atoms with Gasteiger partial charge < -0.3 is 10.8 Å². The minimum Gasteiger partial charge on any atom is -0.399 e. The van der Waals surface area contributed by atoms with Crippen molar-refractivity contribution in [1.29, 1.82) is 0 Å². The zero-order chi connectivity index (χ0) is 10.3. The van der Waals surface area contributed by atoms with Crippen LogP contribution >= 0.6 is 0 Å². The van der Waals surface area contributed by atoms with Crippen molar-refractivity contribution >= 4 is 5.69 Å². The molecule has 3 N–H and O–H groups in total. The molecule has 0 bridgehead atoms. The number of alkyl halides is 1. The molecular formula is C10H11F2NO. The summed E-state index contributed by atoms with van der Waals surface area (Å²) < 4.78 is 27.0. The molecule has 2 rings (SSSR count). The van der Waals surface area contributed by atoms with Crippen molar-refractivity contribution in [1.82, 2.24) is 0 Å². The monoisotopic (exact) mass is 199 g/mol. The number of aliphatic hydroxyl groups excluding tert-OH is 1. The number of hydrogen-bond donors (Lipinski definition) is 2. The Morgan fingerprint density at radius 3 is 2.79 bits per heavy atom. The third-order valence-corrected chi connectivity index (χ3v) is 2.59. The first-order valence-electron chi connectivity index (χ1n) is 4.41. The fourth-order valence-corrected chi connectivity index (χ4v) is 1.90. The maximum Gasteiger partial charge on any atom is 0.142 e. The summed E-state index contributed by atoms with van der Waals surface area (Å²) in [5.41, 5.74) is 4.93. The Morgan fingerprint density at radius 2 is 2.14 bits per heavy atom. The number of anilines is 1. The smallest absolute Gasteiger partial charge is 0.142 e. The van der Waals surface area contributed by atoms with Crippen molar-refractivity contribution in [2.24, 2.45) is 0 Å². The summed E-state index contributed by atoms with van der Waals surface area (Å²) in [5, 5.41) is 8.83. The lowest BCUT2D eigenvalue weighted by atomic mass is 10.0. The first kappa shape index (κ1) is 9.40. The van der Waals surface area contributed by atoms with Crippen molar-refractivity contribution in [3.8, 4) is 0 Å². The molecule has 1 aliphatic rings. The van der Waals surface area contributed by atoms with Gasteiger partial charge in [-0.15, -0.1) is 0 Å². The van der Waals surface area contributed by atoms with Crippen LogP contribution in [0, 0.1) is 5.82 Å². The van der Waals surface area contributed by atoms with Crippen LogP contribution in [0.5, 0.6) is 0 Å². The quantitative estimate of drug-likeness (QED) is 0.668. The molecule has 0 aliphatic heterocycles. The van der Waals surface area contributed by atoms with Gasteiger partial charge in [-0.05, 0) is 23.3 Å². The molecule has 0 saturated carbocycles. The number of nitrogens with two attached hydrogens (primary N) is 1. The van der Waals surface area contributed by atoms with Gasteiger partial charge in [0.25, 0.3) is 0 Å². The van der Waals surface area contributed by atoms with E-state index in [0.29, 0.717) is 16.8 Å². The average molecular weight is 199 g/mol. The topological polar surface area (TPSA) is 46.2 Å². The van der Waals surface area contributed by atoms with Gasteiger partial charge in [-0.3, -0.25) is 0 Å². The first-order valence-corrected chi connectivity index (χ1v) is 4.41. The molecule has 0 saturated heterocycles. The highest BCUT2D eigenvalue weighted by molar-refractivity contribution is 5.49. The third-order valence-electron chi connectivity index (χ3n) is 2.59. The average Bonchev–Trinajstić information content (AvgIpc) is 2.43. The van der Waals surface area contributed by atoms with Gasteiger partial charge in [0, 0.05) is 18.5 Å². The molecule has 2 nitrogen and oxygen atoms in total. The summed E-state index contributed by atoms with van der Waals surface area (Å²) in [6, 6.07) is 2.75. The molecule has 0 spiro atoms. The number of rotatable bonds is 1. The Morgan fingerprint density at radius 1 is 1.43 bits per heavy atom. The van der Waals surface area contributed by atoms with Crippen molar-refractivity contribution in [3.05, 3.63) is 29.1 Å². The molecule has 0 fully saturated rings. The van der Waals surface area contributed by atoms with Crippen LogP contribution in [0.1, 0.15) is 11.1 Å². The molecule has 1 aromatic rings. The lowest BCUT2D eigenvalue weighted by Crippen LogP contribution is -2.28. The van der Waals surface area contributed by atoms with E-state index in [9.17, 15) is 8.78 Å². The molecule has 1 aliphatic carbocycles. The van der Waals surface area contributed by atoms with Gasteiger partial charge in [-0.2, -0.15) is 0 Å². The van der Waals surface area contributed by atoms with E-state index < -0.39 is 18.1 Å². The van der Waals surface area contributed by atoms with Crippen molar-refractivity contribution in [2.45, 2.75) is 18.5 Å². The second-order valence-corrected chi connectivity index (χ2v) is 3.80. The van der Waals surface area contributed by atoms with Crippen LogP contribution in [0.2, 0.25) is 0 Å². The molecule has 0 amide bonds. The molecule has 1 atom stereocenters. The van der Waals surface area contributed by atoms with Crippen LogP contribution in [-0.2, 0) is 12.8 Å². The van der Waals surface area contributed by atoms with E-state index in [2.05, 4.69) is 0 Å². The highest BCUT2D eigenvalue weighted by Crippen LogP contribution is 2.35. The van der Waals surface area contributed by atoms with Crippen LogP contribution in [0.4, 0.5) is 14.5 Å². The molecule has 0 aromatic heterocycles. The van der Waals surface area contributed by atoms with Crippen molar-refractivity contribution in [3.63, 3.8) is 0 Å². The number of hydrogen-bond acceptors (Lipinski definition) is 2. The Balaban J connectivity index is 2.44. The van der Waals surface area contributed by atoms with Crippen LogP contribution < -0.4 is 5.73 Å². The highest BCUT2D eigenvalue weighted by atomic mass is 19.1. The lowest BCUT2D eigenvalue weighted by molar-refractivity contribution is 0.0803. The van der Waals surface area contributed by atoms with Gasteiger partial charge in [0.05, 0.1) is 6.61 Å². The fourth-order valence-electron chi connectivity index (χ4n) is 1.90. The third kappa shape index (κ3) is 1.35. The molecular weight excluding hydrogens is 188 g/mol. The zero-order valence-electron chi connectivity index (χ0n) is 7.56. The minimum absolute atomic E-state index is 0.0425. The molecule has 4 heteroatoms. The van der Waals surface area contributed by atoms with E-state index in [-0.39, 0.29) is 12.8 Å². The summed E-state index contributed by atoms with van der Waals surface area (Å²) in [4.78, 5) is 0. The van der Waals surface area contributed by atoms with Gasteiger partial charge >= 0.3 is 0 Å². The van der Waals surface area contributed by atoms with Gasteiger partial charge in [0.1, 0.15) is 11.5 Å². The molecule has 0 radical (unpaired) electrons. The molecule has 14 heavy (non-hydrogen) atoms. The molecule has 1 unspecified atom stereocenters. The van der Waals surface area contributed by atoms with E-state index in [4.69, 9.17) is 10.8 Å². The van der Waals surface area contributed by atoms with Crippen LogP contribution in [0.3, 0.4) is 0 Å². The van der Waals surface area contributed by atoms with Crippen LogP contribution in [-0.4, -0.2) is 17.4 Å². The maximum absolute atomic E-state index is 13.7. The second-order valence-electron chi connectivity index (χ2n) is 3.80. The van der Waals surface area contributed by atoms with Gasteiger partial charge in [0.2, 0.25) is 0 Å². The predicted molar refractivity (Wildman–Crippen MR) is 49.1 cm³/mol. The van der Waals surface area contributed by atoms with Crippen LogP contribution in [0.15, 0.2) is 12.1 Å². The largest absolute Gasteiger partial charge is 0.399 e. The highest BCUT2D eigenvalue weighted by Gasteiger charge is 2.38. The first-order chi connectivity index (χ1) is 6.54. The lowest BCUT2D eigenvalue weighted by Gasteiger charge is -2.14. The minimum atomic E-state index is -1.71. The molecule has 76 valence electrons. The van der Waals surface area contributed by atoms with Crippen LogP contribution in [0.25, 0.3) is 0 Å². The van der Waals surface area contributed by atoms with E-state index in [1.165, 1.54) is 6.07 Å². The van der Waals surface area contributed by atoms with Gasteiger partial charge in [-0.1, -0.05) is 0 Å². The Hall–Kier alpha value is -1.16. The molecule has 1 aromatic carbocycles. The number of aliphatic hydroxyl groups is 1. The maximum atomic E-state index is 13.7. The predicted octanol–water partition coefficient (Wildman–Crippen LogP) is 1.21. The van der Waals surface area contributed by atoms with E-state index >= 15 is 0 Å². The standard InChI is InChI=1S/C10H11F2NO/c11-9-2-7(13)1-6-3-10(12,5-14)4-8(6)9/h1-2,14H,3-5,13H2. The Kier molecular flexibility index (Phi) is 1.96. The SMILES string of the molecule is Nc1cc(F)c2c(c1)CC(F)(CO)C2. The molecule has 0 heterocycles. The summed E-state index contributed by atoms with van der Waals surface area (Å²) in [5.74, 6) is -0.479. The summed E-state index contributed by atoms with van der Waals surface area (Å²) in [6.07, 6.45) is -0.0221. The zero-order valence-corrected chi connectivity index (χ0v) is 7.56. The van der Waals surface area contributed by atoms with E-state index in [0.717, 1.165) is 0 Å². The fraction of sp³-hybridized carbons (Fsp3) is 0.400. The van der Waals surface area contributed by atoms with Crippen molar-refractivity contribution in [2.75, 3.05) is 12.3 Å². The van der Waals surface area contributed by atoms with Gasteiger partial charge in [-0.25, -0.2) is 8.78 Å². The summed E-state index contributed by atoms with van der Waals surface area (Å²) in [7, 11) is 0. The Labute approximate surface area is 80.4 Å².